The fourth-order valence-corrected chi connectivity index (χ4v) is 2.50. The molecular formula is C11H13N. The van der Waals surface area contributed by atoms with Crippen LogP contribution in [0.2, 0.25) is 0 Å². The van der Waals surface area contributed by atoms with Gasteiger partial charge < -0.3 is 5.32 Å². The number of nitrogens with one attached hydrogen (secondary N) is 1. The highest BCUT2D eigenvalue weighted by Crippen LogP contribution is 2.38. The smallest absolute Gasteiger partial charge is 0.0150 e. The minimum Gasteiger partial charge on any atom is -0.388 e. The van der Waals surface area contributed by atoms with Crippen LogP contribution in [-0.2, 0) is 0 Å². The summed E-state index contributed by atoms with van der Waals surface area (Å²) < 4.78 is 0. The molecule has 1 nitrogen and oxygen atoms in total. The van der Waals surface area contributed by atoms with Gasteiger partial charge in [-0.05, 0) is 24.5 Å². The zero-order chi connectivity index (χ0) is 7.97. The zero-order valence-corrected chi connectivity index (χ0v) is 7.09. The molecule has 0 aromatic carbocycles. The van der Waals surface area contributed by atoms with E-state index in [1.54, 1.807) is 0 Å². The Morgan fingerprint density at radius 2 is 2.42 bits per heavy atom. The second kappa shape index (κ2) is 2.25. The first-order valence-electron chi connectivity index (χ1n) is 4.77. The van der Waals surface area contributed by atoms with Crippen molar-refractivity contribution in [2.24, 2.45) is 11.8 Å². The van der Waals surface area contributed by atoms with Gasteiger partial charge in [-0.1, -0.05) is 18.2 Å². The molecule has 0 saturated carbocycles. The van der Waals surface area contributed by atoms with Crippen LogP contribution < -0.4 is 5.32 Å². The van der Waals surface area contributed by atoms with E-state index in [2.05, 4.69) is 29.6 Å². The normalized spacial score (nSPS) is 36.7. The SMILES string of the molecule is C1=CC2CC3CCNC3=CC2=C1. The summed E-state index contributed by atoms with van der Waals surface area (Å²) in [5.74, 6) is 1.56. The maximum absolute atomic E-state index is 3.46. The zero-order valence-electron chi connectivity index (χ0n) is 7.09. The van der Waals surface area contributed by atoms with Crippen molar-refractivity contribution in [2.75, 3.05) is 6.54 Å². The molecule has 3 rings (SSSR count). The number of allylic oxidation sites excluding steroid dienone is 6. The van der Waals surface area contributed by atoms with Crippen molar-refractivity contribution in [3.63, 3.8) is 0 Å². The van der Waals surface area contributed by atoms with E-state index in [9.17, 15) is 0 Å². The lowest BCUT2D eigenvalue weighted by Gasteiger charge is -2.23. The average Bonchev–Trinajstić information content (AvgIpc) is 2.64. The standard InChI is InChI=1S/C11H13N/c1-2-8-6-10-4-5-12-11(10)7-9(8)3-1/h1-3,7-8,10,12H,4-6H2. The van der Waals surface area contributed by atoms with Crippen LogP contribution in [0, 0.1) is 11.8 Å². The molecule has 0 amide bonds. The van der Waals surface area contributed by atoms with Crippen LogP contribution in [0.1, 0.15) is 12.8 Å². The van der Waals surface area contributed by atoms with Gasteiger partial charge in [-0.3, -0.25) is 0 Å². The molecule has 2 unspecified atom stereocenters. The van der Waals surface area contributed by atoms with E-state index in [1.807, 2.05) is 0 Å². The van der Waals surface area contributed by atoms with E-state index < -0.39 is 0 Å². The van der Waals surface area contributed by atoms with Crippen LogP contribution in [-0.4, -0.2) is 6.54 Å². The van der Waals surface area contributed by atoms with Gasteiger partial charge in [-0.15, -0.1) is 0 Å². The molecule has 1 heteroatoms. The summed E-state index contributed by atoms with van der Waals surface area (Å²) in [6.07, 6.45) is 11.8. The largest absolute Gasteiger partial charge is 0.388 e. The first-order chi connectivity index (χ1) is 5.93. The number of hydrogen-bond acceptors (Lipinski definition) is 1. The molecule has 1 N–H and O–H groups in total. The molecule has 0 spiro atoms. The van der Waals surface area contributed by atoms with E-state index in [0.29, 0.717) is 0 Å². The van der Waals surface area contributed by atoms with Gasteiger partial charge in [-0.25, -0.2) is 0 Å². The van der Waals surface area contributed by atoms with Crippen LogP contribution in [0.15, 0.2) is 35.6 Å². The molecular weight excluding hydrogens is 146 g/mol. The highest BCUT2D eigenvalue weighted by atomic mass is 14.9. The molecule has 1 heterocycles. The summed E-state index contributed by atoms with van der Waals surface area (Å²) in [6.45, 7) is 1.18. The number of hydrogen-bond donors (Lipinski definition) is 1. The van der Waals surface area contributed by atoms with Crippen LogP contribution in [0.3, 0.4) is 0 Å². The summed E-state index contributed by atoms with van der Waals surface area (Å²) in [5.41, 5.74) is 3.00. The first kappa shape index (κ1) is 6.53. The first-order valence-corrected chi connectivity index (χ1v) is 4.77. The minimum absolute atomic E-state index is 0.735. The third-order valence-corrected chi connectivity index (χ3v) is 3.18. The Morgan fingerprint density at radius 3 is 3.42 bits per heavy atom. The van der Waals surface area contributed by atoms with Gasteiger partial charge in [0.1, 0.15) is 0 Å². The monoisotopic (exact) mass is 159 g/mol. The Morgan fingerprint density at radius 1 is 1.42 bits per heavy atom. The Labute approximate surface area is 72.9 Å². The van der Waals surface area contributed by atoms with Crippen LogP contribution in [0.5, 0.6) is 0 Å². The highest BCUT2D eigenvalue weighted by molar-refractivity contribution is 5.41. The van der Waals surface area contributed by atoms with Crippen molar-refractivity contribution < 1.29 is 0 Å². The lowest BCUT2D eigenvalue weighted by Crippen LogP contribution is -2.16. The van der Waals surface area contributed by atoms with E-state index >= 15 is 0 Å². The van der Waals surface area contributed by atoms with Gasteiger partial charge in [0, 0.05) is 24.1 Å². The van der Waals surface area contributed by atoms with Crippen molar-refractivity contribution >= 4 is 0 Å². The Bertz CT molecular complexity index is 296. The average molecular weight is 159 g/mol. The van der Waals surface area contributed by atoms with Crippen molar-refractivity contribution in [2.45, 2.75) is 12.8 Å². The van der Waals surface area contributed by atoms with E-state index in [1.165, 1.54) is 30.7 Å². The van der Waals surface area contributed by atoms with Gasteiger partial charge in [0.05, 0.1) is 0 Å². The van der Waals surface area contributed by atoms with Gasteiger partial charge in [0.15, 0.2) is 0 Å². The molecule has 2 aliphatic carbocycles. The van der Waals surface area contributed by atoms with Gasteiger partial charge in [0.25, 0.3) is 0 Å². The molecule has 1 fully saturated rings. The van der Waals surface area contributed by atoms with E-state index in [4.69, 9.17) is 0 Å². The summed E-state index contributed by atoms with van der Waals surface area (Å²) >= 11 is 0. The molecule has 62 valence electrons. The van der Waals surface area contributed by atoms with E-state index in [0.717, 1.165) is 11.8 Å². The molecule has 0 radical (unpaired) electrons. The Hall–Kier alpha value is -0.980. The Kier molecular flexibility index (Phi) is 1.23. The maximum atomic E-state index is 3.46. The minimum atomic E-state index is 0.735. The third kappa shape index (κ3) is 0.795. The van der Waals surface area contributed by atoms with Crippen molar-refractivity contribution in [1.29, 1.82) is 0 Å². The highest BCUT2D eigenvalue weighted by Gasteiger charge is 2.29. The van der Waals surface area contributed by atoms with Crippen LogP contribution >= 0.6 is 0 Å². The quantitative estimate of drug-likeness (QED) is 0.570. The Balaban J connectivity index is 1.99. The maximum Gasteiger partial charge on any atom is 0.0150 e. The summed E-state index contributed by atoms with van der Waals surface area (Å²) in [5, 5.41) is 3.46. The predicted molar refractivity (Wildman–Crippen MR) is 49.5 cm³/mol. The second-order valence-corrected chi connectivity index (χ2v) is 3.91. The molecule has 1 aliphatic heterocycles. The van der Waals surface area contributed by atoms with Crippen LogP contribution in [0.4, 0.5) is 0 Å². The fraction of sp³-hybridized carbons (Fsp3) is 0.455. The topological polar surface area (TPSA) is 12.0 Å². The van der Waals surface area contributed by atoms with Gasteiger partial charge in [0.2, 0.25) is 0 Å². The summed E-state index contributed by atoms with van der Waals surface area (Å²) in [4.78, 5) is 0. The van der Waals surface area contributed by atoms with Gasteiger partial charge in [-0.2, -0.15) is 0 Å². The molecule has 0 bridgehead atoms. The fourth-order valence-electron chi connectivity index (χ4n) is 2.50. The second-order valence-electron chi connectivity index (χ2n) is 3.91. The lowest BCUT2D eigenvalue weighted by molar-refractivity contribution is 0.507. The molecule has 3 aliphatic rings. The van der Waals surface area contributed by atoms with Crippen LogP contribution in [0.25, 0.3) is 0 Å². The van der Waals surface area contributed by atoms with Crippen molar-refractivity contribution in [3.8, 4) is 0 Å². The number of fused-ring (bicyclic) bond motifs is 2. The lowest BCUT2D eigenvalue weighted by atomic mass is 9.83. The van der Waals surface area contributed by atoms with Crippen molar-refractivity contribution in [3.05, 3.63) is 35.6 Å². The summed E-state index contributed by atoms with van der Waals surface area (Å²) in [7, 11) is 0. The van der Waals surface area contributed by atoms with E-state index in [-0.39, 0.29) is 0 Å². The molecule has 0 aromatic heterocycles. The molecule has 2 atom stereocenters. The predicted octanol–water partition coefficient (Wildman–Crippen LogP) is 2.00. The van der Waals surface area contributed by atoms with Crippen molar-refractivity contribution in [1.82, 2.24) is 5.32 Å². The third-order valence-electron chi connectivity index (χ3n) is 3.18. The summed E-state index contributed by atoms with van der Waals surface area (Å²) in [6, 6.07) is 0. The molecule has 1 saturated heterocycles. The molecule has 0 aromatic rings. The molecule has 12 heavy (non-hydrogen) atoms. The van der Waals surface area contributed by atoms with Gasteiger partial charge >= 0.3 is 0 Å². The number of rotatable bonds is 0.